The van der Waals surface area contributed by atoms with Gasteiger partial charge in [0.2, 0.25) is 0 Å². The van der Waals surface area contributed by atoms with Gasteiger partial charge in [-0.1, -0.05) is 37.6 Å². The molecule has 0 unspecified atom stereocenters. The highest BCUT2D eigenvalue weighted by Crippen LogP contribution is 2.20. The van der Waals surface area contributed by atoms with E-state index in [9.17, 15) is 13.2 Å². The summed E-state index contributed by atoms with van der Waals surface area (Å²) in [6.45, 7) is 2.47. The normalized spacial score (nSPS) is 17.2. The molecule has 0 amide bonds. The molecule has 1 heterocycles. The summed E-state index contributed by atoms with van der Waals surface area (Å²) in [6, 6.07) is 6.63. The van der Waals surface area contributed by atoms with Gasteiger partial charge < -0.3 is 5.11 Å². The molecule has 21 heavy (non-hydrogen) atoms. The predicted octanol–water partition coefficient (Wildman–Crippen LogP) is 1.13. The highest BCUT2D eigenvalue weighted by molar-refractivity contribution is 7.87. The highest BCUT2D eigenvalue weighted by Gasteiger charge is 2.30. The molecule has 1 aromatic rings. The van der Waals surface area contributed by atoms with Crippen LogP contribution in [0.15, 0.2) is 24.3 Å². The van der Waals surface area contributed by atoms with Gasteiger partial charge in [-0.3, -0.25) is 4.79 Å². The molecule has 0 radical (unpaired) electrons. The van der Waals surface area contributed by atoms with Crippen LogP contribution in [0.2, 0.25) is 0 Å². The van der Waals surface area contributed by atoms with E-state index in [0.29, 0.717) is 19.4 Å². The maximum atomic E-state index is 12.3. The Morgan fingerprint density at radius 1 is 1.38 bits per heavy atom. The Labute approximate surface area is 125 Å². The SMILES string of the molecule is CCC[C@H](NS(=O)(=O)N1CCc2ccccc2C1)C(=O)O. The lowest BCUT2D eigenvalue weighted by atomic mass is 10.0. The Kier molecular flexibility index (Phi) is 4.97. The van der Waals surface area contributed by atoms with Crippen molar-refractivity contribution in [1.29, 1.82) is 0 Å². The average Bonchev–Trinajstić information content (AvgIpc) is 2.46. The fourth-order valence-electron chi connectivity index (χ4n) is 2.45. The Morgan fingerprint density at radius 3 is 2.67 bits per heavy atom. The van der Waals surface area contributed by atoms with Crippen molar-refractivity contribution in [1.82, 2.24) is 9.03 Å². The number of carboxylic acid groups (broad SMARTS) is 1. The van der Waals surface area contributed by atoms with Crippen LogP contribution in [0.3, 0.4) is 0 Å². The maximum Gasteiger partial charge on any atom is 0.321 e. The van der Waals surface area contributed by atoms with Crippen molar-refractivity contribution in [3.8, 4) is 0 Å². The first-order valence-electron chi connectivity index (χ1n) is 7.01. The molecule has 6 nitrogen and oxygen atoms in total. The molecule has 0 saturated heterocycles. The number of carbonyl (C=O) groups is 1. The Morgan fingerprint density at radius 2 is 2.05 bits per heavy atom. The van der Waals surface area contributed by atoms with Crippen LogP contribution in [0, 0.1) is 0 Å². The summed E-state index contributed by atoms with van der Waals surface area (Å²) in [5.41, 5.74) is 2.11. The van der Waals surface area contributed by atoms with Gasteiger partial charge in [0.1, 0.15) is 6.04 Å². The molecule has 0 aromatic heterocycles. The maximum absolute atomic E-state index is 12.3. The van der Waals surface area contributed by atoms with E-state index >= 15 is 0 Å². The molecule has 7 heteroatoms. The number of aliphatic carboxylic acids is 1. The smallest absolute Gasteiger partial charge is 0.321 e. The van der Waals surface area contributed by atoms with Crippen molar-refractivity contribution < 1.29 is 18.3 Å². The lowest BCUT2D eigenvalue weighted by Gasteiger charge is -2.29. The van der Waals surface area contributed by atoms with Crippen molar-refractivity contribution in [2.75, 3.05) is 6.54 Å². The molecule has 1 aliphatic heterocycles. The van der Waals surface area contributed by atoms with Crippen LogP contribution in [-0.2, 0) is 28.0 Å². The van der Waals surface area contributed by atoms with Gasteiger partial charge >= 0.3 is 5.97 Å². The van der Waals surface area contributed by atoms with E-state index in [1.54, 1.807) is 0 Å². The molecule has 0 fully saturated rings. The van der Waals surface area contributed by atoms with Crippen molar-refractivity contribution in [3.63, 3.8) is 0 Å². The first kappa shape index (κ1) is 15.9. The number of nitrogens with one attached hydrogen (secondary N) is 1. The number of nitrogens with zero attached hydrogens (tertiary/aromatic N) is 1. The molecule has 0 bridgehead atoms. The van der Waals surface area contributed by atoms with Crippen LogP contribution in [0.5, 0.6) is 0 Å². The average molecular weight is 312 g/mol. The molecule has 1 atom stereocenters. The second-order valence-corrected chi connectivity index (χ2v) is 6.86. The second-order valence-electron chi connectivity index (χ2n) is 5.15. The van der Waals surface area contributed by atoms with Gasteiger partial charge in [0, 0.05) is 13.1 Å². The van der Waals surface area contributed by atoms with Crippen molar-refractivity contribution >= 4 is 16.2 Å². The number of hydrogen-bond acceptors (Lipinski definition) is 3. The number of rotatable bonds is 6. The van der Waals surface area contributed by atoms with E-state index < -0.39 is 22.2 Å². The zero-order valence-corrected chi connectivity index (χ0v) is 12.8. The highest BCUT2D eigenvalue weighted by atomic mass is 32.2. The Hall–Kier alpha value is -1.44. The van der Waals surface area contributed by atoms with Crippen LogP contribution >= 0.6 is 0 Å². The van der Waals surface area contributed by atoms with Gasteiger partial charge in [0.25, 0.3) is 10.2 Å². The third-order valence-corrected chi connectivity index (χ3v) is 5.18. The van der Waals surface area contributed by atoms with E-state index in [4.69, 9.17) is 5.11 Å². The van der Waals surface area contributed by atoms with E-state index in [0.717, 1.165) is 11.1 Å². The van der Waals surface area contributed by atoms with Gasteiger partial charge in [-0.15, -0.1) is 0 Å². The Bertz CT molecular complexity index is 615. The minimum Gasteiger partial charge on any atom is -0.480 e. The lowest BCUT2D eigenvalue weighted by molar-refractivity contribution is -0.139. The van der Waals surface area contributed by atoms with Gasteiger partial charge in [-0.05, 0) is 24.0 Å². The topological polar surface area (TPSA) is 86.7 Å². The largest absolute Gasteiger partial charge is 0.480 e. The van der Waals surface area contributed by atoms with Crippen LogP contribution < -0.4 is 4.72 Å². The third kappa shape index (κ3) is 3.81. The zero-order valence-electron chi connectivity index (χ0n) is 11.9. The minimum absolute atomic E-state index is 0.277. The fraction of sp³-hybridized carbons (Fsp3) is 0.500. The number of hydrogen-bond donors (Lipinski definition) is 2. The van der Waals surface area contributed by atoms with Gasteiger partial charge in [0.05, 0.1) is 0 Å². The lowest BCUT2D eigenvalue weighted by Crippen LogP contribution is -2.49. The summed E-state index contributed by atoms with van der Waals surface area (Å²) in [4.78, 5) is 11.1. The first-order chi connectivity index (χ1) is 9.94. The van der Waals surface area contributed by atoms with Crippen LogP contribution in [-0.4, -0.2) is 36.4 Å². The number of fused-ring (bicyclic) bond motifs is 1. The molecular weight excluding hydrogens is 292 g/mol. The van der Waals surface area contributed by atoms with Gasteiger partial charge in [-0.2, -0.15) is 17.4 Å². The Balaban J connectivity index is 2.12. The predicted molar refractivity (Wildman–Crippen MR) is 78.9 cm³/mol. The molecule has 2 N–H and O–H groups in total. The van der Waals surface area contributed by atoms with Crippen LogP contribution in [0.25, 0.3) is 0 Å². The van der Waals surface area contributed by atoms with Crippen molar-refractivity contribution in [2.24, 2.45) is 0 Å². The molecule has 1 aromatic carbocycles. The fourth-order valence-corrected chi connectivity index (χ4v) is 3.82. The number of carboxylic acids is 1. The summed E-state index contributed by atoms with van der Waals surface area (Å²) in [5, 5.41) is 9.08. The minimum atomic E-state index is -3.79. The molecule has 0 saturated carbocycles. The summed E-state index contributed by atoms with van der Waals surface area (Å²) in [7, 11) is -3.79. The molecule has 116 valence electrons. The molecular formula is C14H20N2O4S. The number of benzene rings is 1. The molecule has 0 aliphatic carbocycles. The van der Waals surface area contributed by atoms with Crippen molar-refractivity contribution in [3.05, 3.63) is 35.4 Å². The van der Waals surface area contributed by atoms with Crippen LogP contribution in [0.4, 0.5) is 0 Å². The van der Waals surface area contributed by atoms with E-state index in [1.165, 1.54) is 4.31 Å². The quantitative estimate of drug-likeness (QED) is 0.824. The van der Waals surface area contributed by atoms with Gasteiger partial charge in [-0.25, -0.2) is 0 Å². The first-order valence-corrected chi connectivity index (χ1v) is 8.45. The van der Waals surface area contributed by atoms with E-state index in [1.807, 2.05) is 31.2 Å². The third-order valence-electron chi connectivity index (χ3n) is 3.60. The summed E-state index contributed by atoms with van der Waals surface area (Å²) in [5.74, 6) is -1.14. The van der Waals surface area contributed by atoms with Crippen molar-refractivity contribution in [2.45, 2.75) is 38.8 Å². The summed E-state index contributed by atoms with van der Waals surface area (Å²) < 4.78 is 28.3. The van der Waals surface area contributed by atoms with E-state index in [-0.39, 0.29) is 13.0 Å². The van der Waals surface area contributed by atoms with Crippen LogP contribution in [0.1, 0.15) is 30.9 Å². The zero-order chi connectivity index (χ0) is 15.5. The molecule has 1 aliphatic rings. The summed E-state index contributed by atoms with van der Waals surface area (Å²) in [6.07, 6.45) is 1.52. The second kappa shape index (κ2) is 6.55. The van der Waals surface area contributed by atoms with E-state index in [2.05, 4.69) is 4.72 Å². The van der Waals surface area contributed by atoms with Gasteiger partial charge in [0.15, 0.2) is 0 Å². The molecule has 2 rings (SSSR count). The standard InChI is InChI=1S/C14H20N2O4S/c1-2-5-13(14(17)18)15-21(19,20)16-9-8-11-6-3-4-7-12(11)10-16/h3-4,6-7,13,15H,2,5,8-10H2,1H3,(H,17,18)/t13-/m0/s1. The monoisotopic (exact) mass is 312 g/mol. The summed E-state index contributed by atoms with van der Waals surface area (Å²) >= 11 is 0. The molecule has 0 spiro atoms.